The van der Waals surface area contributed by atoms with Gasteiger partial charge in [-0.2, -0.15) is 0 Å². The normalized spacial score (nSPS) is 17.4. The van der Waals surface area contributed by atoms with Crippen molar-refractivity contribution in [1.82, 2.24) is 0 Å². The molecule has 4 nitrogen and oxygen atoms in total. The summed E-state index contributed by atoms with van der Waals surface area (Å²) in [5, 5.41) is 2.90. The number of aryl methyl sites for hydroxylation is 1. The van der Waals surface area contributed by atoms with Crippen LogP contribution in [0.4, 0.5) is 11.4 Å². The Hall–Kier alpha value is -2.14. The van der Waals surface area contributed by atoms with Gasteiger partial charge in [0.05, 0.1) is 5.92 Å². The van der Waals surface area contributed by atoms with Crippen molar-refractivity contribution in [2.75, 3.05) is 16.8 Å². The Balaban J connectivity index is 1.69. The zero-order chi connectivity index (χ0) is 16.4. The highest BCUT2D eigenvalue weighted by Gasteiger charge is 2.35. The lowest BCUT2D eigenvalue weighted by atomic mass is 10.1. The van der Waals surface area contributed by atoms with Gasteiger partial charge in [-0.25, -0.2) is 0 Å². The van der Waals surface area contributed by atoms with Gasteiger partial charge in [-0.3, -0.25) is 9.59 Å². The molecule has 0 saturated carbocycles. The Morgan fingerprint density at radius 3 is 2.65 bits per heavy atom. The fraction of sp³-hybridized carbons (Fsp3) is 0.222. The van der Waals surface area contributed by atoms with Crippen molar-refractivity contribution in [3.8, 4) is 0 Å². The van der Waals surface area contributed by atoms with Crippen molar-refractivity contribution >= 4 is 39.1 Å². The third-order valence-corrected chi connectivity index (χ3v) is 4.86. The van der Waals surface area contributed by atoms with Gasteiger partial charge in [0.25, 0.3) is 0 Å². The molecule has 1 heterocycles. The maximum atomic E-state index is 12.4. The third-order valence-electron chi connectivity index (χ3n) is 4.00. The van der Waals surface area contributed by atoms with Crippen LogP contribution >= 0.6 is 15.9 Å². The fourth-order valence-corrected chi connectivity index (χ4v) is 3.03. The van der Waals surface area contributed by atoms with Gasteiger partial charge in [0, 0.05) is 28.8 Å². The molecule has 118 valence electrons. The van der Waals surface area contributed by atoms with E-state index in [-0.39, 0.29) is 24.2 Å². The van der Waals surface area contributed by atoms with Crippen LogP contribution in [0.1, 0.15) is 12.0 Å². The molecule has 2 aromatic rings. The van der Waals surface area contributed by atoms with E-state index < -0.39 is 0 Å². The molecule has 1 atom stereocenters. The SMILES string of the molecule is Cc1ccc(NC(=O)[C@H]2CC(=O)N(c3ccccc3)C2)cc1Br. The van der Waals surface area contributed by atoms with E-state index in [1.165, 1.54) is 0 Å². The van der Waals surface area contributed by atoms with E-state index >= 15 is 0 Å². The number of anilines is 2. The number of nitrogens with zero attached hydrogens (tertiary/aromatic N) is 1. The Labute approximate surface area is 143 Å². The minimum atomic E-state index is -0.331. The molecule has 1 aliphatic rings. The number of halogens is 1. The van der Waals surface area contributed by atoms with Gasteiger partial charge >= 0.3 is 0 Å². The van der Waals surface area contributed by atoms with Crippen LogP contribution in [-0.2, 0) is 9.59 Å². The van der Waals surface area contributed by atoms with Crippen molar-refractivity contribution in [2.45, 2.75) is 13.3 Å². The maximum absolute atomic E-state index is 12.4. The lowest BCUT2D eigenvalue weighted by Gasteiger charge is -2.16. The molecule has 3 rings (SSSR count). The van der Waals surface area contributed by atoms with E-state index in [4.69, 9.17) is 0 Å². The number of benzene rings is 2. The summed E-state index contributed by atoms with van der Waals surface area (Å²) in [4.78, 5) is 26.3. The molecule has 2 aromatic carbocycles. The first-order chi connectivity index (χ1) is 11.0. The molecule has 1 fully saturated rings. The first kappa shape index (κ1) is 15.7. The molecule has 0 spiro atoms. The van der Waals surface area contributed by atoms with Gasteiger partial charge in [-0.1, -0.05) is 40.2 Å². The molecule has 0 aromatic heterocycles. The molecule has 1 N–H and O–H groups in total. The van der Waals surface area contributed by atoms with Crippen LogP contribution < -0.4 is 10.2 Å². The summed E-state index contributed by atoms with van der Waals surface area (Å²) in [6, 6.07) is 15.1. The molecule has 0 unspecified atom stereocenters. The minimum Gasteiger partial charge on any atom is -0.326 e. The molecular formula is C18H17BrN2O2. The smallest absolute Gasteiger partial charge is 0.229 e. The summed E-state index contributed by atoms with van der Waals surface area (Å²) in [7, 11) is 0. The molecule has 5 heteroatoms. The number of amides is 2. The molecule has 1 saturated heterocycles. The predicted molar refractivity (Wildman–Crippen MR) is 94.4 cm³/mol. The average Bonchev–Trinajstić information content (AvgIpc) is 2.94. The second-order valence-corrected chi connectivity index (χ2v) is 6.55. The van der Waals surface area contributed by atoms with Gasteiger partial charge in [-0.05, 0) is 36.8 Å². The molecule has 1 aliphatic heterocycles. The molecule has 23 heavy (non-hydrogen) atoms. The van der Waals surface area contributed by atoms with E-state index in [1.807, 2.05) is 55.5 Å². The first-order valence-corrected chi connectivity index (χ1v) is 8.26. The first-order valence-electron chi connectivity index (χ1n) is 7.47. The largest absolute Gasteiger partial charge is 0.326 e. The van der Waals surface area contributed by atoms with Crippen LogP contribution in [0.3, 0.4) is 0 Å². The van der Waals surface area contributed by atoms with E-state index in [2.05, 4.69) is 21.2 Å². The minimum absolute atomic E-state index is 0.0126. The van der Waals surface area contributed by atoms with Gasteiger partial charge < -0.3 is 10.2 Å². The molecule has 0 aliphatic carbocycles. The van der Waals surface area contributed by atoms with Gasteiger partial charge in [0.1, 0.15) is 0 Å². The number of rotatable bonds is 3. The van der Waals surface area contributed by atoms with Crippen LogP contribution in [0.5, 0.6) is 0 Å². The zero-order valence-electron chi connectivity index (χ0n) is 12.8. The van der Waals surface area contributed by atoms with Crippen LogP contribution in [0.2, 0.25) is 0 Å². The van der Waals surface area contributed by atoms with Crippen LogP contribution in [-0.4, -0.2) is 18.4 Å². The Kier molecular flexibility index (Phi) is 4.48. The predicted octanol–water partition coefficient (Wildman–Crippen LogP) is 3.75. The molecular weight excluding hydrogens is 356 g/mol. The topological polar surface area (TPSA) is 49.4 Å². The summed E-state index contributed by atoms with van der Waals surface area (Å²) in [5.41, 5.74) is 2.68. The van der Waals surface area contributed by atoms with Crippen molar-refractivity contribution in [3.63, 3.8) is 0 Å². The van der Waals surface area contributed by atoms with Crippen molar-refractivity contribution in [2.24, 2.45) is 5.92 Å². The highest BCUT2D eigenvalue weighted by Crippen LogP contribution is 2.26. The number of hydrogen-bond donors (Lipinski definition) is 1. The zero-order valence-corrected chi connectivity index (χ0v) is 14.3. The quantitative estimate of drug-likeness (QED) is 0.891. The standard InChI is InChI=1S/C18H17BrN2O2/c1-12-7-8-14(10-16(12)19)20-18(23)13-9-17(22)21(11-13)15-5-3-2-4-6-15/h2-8,10,13H,9,11H2,1H3,(H,20,23)/t13-/m0/s1. The molecule has 0 radical (unpaired) electrons. The summed E-state index contributed by atoms with van der Waals surface area (Å²) in [5.74, 6) is -0.461. The van der Waals surface area contributed by atoms with Crippen LogP contribution in [0.25, 0.3) is 0 Å². The van der Waals surface area contributed by atoms with Crippen molar-refractivity contribution in [1.29, 1.82) is 0 Å². The van der Waals surface area contributed by atoms with Gasteiger partial charge in [0.2, 0.25) is 11.8 Å². The number of para-hydroxylation sites is 1. The second-order valence-electron chi connectivity index (χ2n) is 5.69. The Morgan fingerprint density at radius 1 is 1.22 bits per heavy atom. The lowest BCUT2D eigenvalue weighted by molar-refractivity contribution is -0.122. The van der Waals surface area contributed by atoms with Crippen LogP contribution in [0, 0.1) is 12.8 Å². The van der Waals surface area contributed by atoms with E-state index in [0.717, 1.165) is 21.4 Å². The van der Waals surface area contributed by atoms with E-state index in [0.29, 0.717) is 6.54 Å². The summed E-state index contributed by atoms with van der Waals surface area (Å²) in [6.45, 7) is 2.41. The number of carbonyl (C=O) groups is 2. The van der Waals surface area contributed by atoms with Gasteiger partial charge in [0.15, 0.2) is 0 Å². The van der Waals surface area contributed by atoms with Gasteiger partial charge in [-0.15, -0.1) is 0 Å². The number of hydrogen-bond acceptors (Lipinski definition) is 2. The maximum Gasteiger partial charge on any atom is 0.229 e. The lowest BCUT2D eigenvalue weighted by Crippen LogP contribution is -2.28. The summed E-state index contributed by atoms with van der Waals surface area (Å²) < 4.78 is 0.948. The highest BCUT2D eigenvalue weighted by atomic mass is 79.9. The molecule has 2 amide bonds. The third kappa shape index (κ3) is 3.45. The summed E-state index contributed by atoms with van der Waals surface area (Å²) >= 11 is 3.46. The van der Waals surface area contributed by atoms with Crippen molar-refractivity contribution in [3.05, 3.63) is 58.6 Å². The van der Waals surface area contributed by atoms with Crippen molar-refractivity contribution < 1.29 is 9.59 Å². The summed E-state index contributed by atoms with van der Waals surface area (Å²) in [6.07, 6.45) is 0.244. The fourth-order valence-electron chi connectivity index (χ4n) is 2.66. The molecule has 0 bridgehead atoms. The Bertz CT molecular complexity index is 746. The second kappa shape index (κ2) is 6.54. The highest BCUT2D eigenvalue weighted by molar-refractivity contribution is 9.10. The monoisotopic (exact) mass is 372 g/mol. The average molecular weight is 373 g/mol. The number of nitrogens with one attached hydrogen (secondary N) is 1. The number of carbonyl (C=O) groups excluding carboxylic acids is 2. The Morgan fingerprint density at radius 2 is 1.96 bits per heavy atom. The van der Waals surface area contributed by atoms with E-state index in [1.54, 1.807) is 4.90 Å². The van der Waals surface area contributed by atoms with E-state index in [9.17, 15) is 9.59 Å². The van der Waals surface area contributed by atoms with Crippen LogP contribution in [0.15, 0.2) is 53.0 Å².